The molecule has 3 aliphatic heterocycles. The van der Waals surface area contributed by atoms with Gasteiger partial charge < -0.3 is 10.2 Å². The summed E-state index contributed by atoms with van der Waals surface area (Å²) in [5.74, 6) is 1.20. The Morgan fingerprint density at radius 2 is 2.00 bits per heavy atom. The predicted molar refractivity (Wildman–Crippen MR) is 116 cm³/mol. The summed E-state index contributed by atoms with van der Waals surface area (Å²) in [6, 6.07) is 6.30. The van der Waals surface area contributed by atoms with E-state index in [1.54, 1.807) is 6.07 Å². The van der Waals surface area contributed by atoms with Crippen LogP contribution in [-0.4, -0.2) is 46.6 Å². The number of rotatable bonds is 1. The molecule has 1 aromatic carbocycles. The molecular weight excluding hydrogens is 407 g/mol. The highest BCUT2D eigenvalue weighted by atomic mass is 32.1. The van der Waals surface area contributed by atoms with Crippen molar-refractivity contribution in [1.82, 2.24) is 9.80 Å². The van der Waals surface area contributed by atoms with E-state index in [4.69, 9.17) is 12.2 Å². The smallest absolute Gasteiger partial charge is 0.342 e. The Hall–Kier alpha value is -1.60. The number of piperidine rings is 3. The third-order valence-corrected chi connectivity index (χ3v) is 7.70. The van der Waals surface area contributed by atoms with Gasteiger partial charge >= 0.3 is 6.18 Å². The van der Waals surface area contributed by atoms with Gasteiger partial charge in [-0.1, -0.05) is 24.1 Å². The summed E-state index contributed by atoms with van der Waals surface area (Å²) in [6.07, 6.45) is 5.48. The molecule has 1 aliphatic carbocycles. The minimum atomic E-state index is -4.36. The summed E-state index contributed by atoms with van der Waals surface area (Å²) in [4.78, 5) is 4.93. The molecule has 3 heterocycles. The highest BCUT2D eigenvalue weighted by Crippen LogP contribution is 2.45. The van der Waals surface area contributed by atoms with Crippen molar-refractivity contribution in [2.75, 3.05) is 25.0 Å². The minimum Gasteiger partial charge on any atom is -0.342 e. The van der Waals surface area contributed by atoms with E-state index in [-0.39, 0.29) is 6.04 Å². The number of nitrogens with zero attached hydrogens (tertiary/aromatic N) is 2. The first kappa shape index (κ1) is 20.3. The number of halogens is 3. The van der Waals surface area contributed by atoms with Crippen LogP contribution in [0.2, 0.25) is 0 Å². The summed E-state index contributed by atoms with van der Waals surface area (Å²) in [5.41, 5.74) is 1.25. The molecule has 0 unspecified atom stereocenters. The summed E-state index contributed by atoms with van der Waals surface area (Å²) in [7, 11) is 0. The van der Waals surface area contributed by atoms with Gasteiger partial charge in [-0.25, -0.2) is 0 Å². The van der Waals surface area contributed by atoms with Crippen molar-refractivity contribution in [3.8, 4) is 0 Å². The topological polar surface area (TPSA) is 18.5 Å². The molecule has 4 aliphatic rings. The fraction of sp³-hybridized carbons (Fsp3) is 0.609. The number of hydrogen-bond acceptors (Lipinski definition) is 2. The fourth-order valence-electron chi connectivity index (χ4n) is 6.17. The Labute approximate surface area is 181 Å². The van der Waals surface area contributed by atoms with Crippen molar-refractivity contribution in [2.24, 2.45) is 11.8 Å². The Bertz CT molecular complexity index is 852. The van der Waals surface area contributed by atoms with E-state index < -0.39 is 11.7 Å². The first-order valence-electron chi connectivity index (χ1n) is 11.1. The van der Waals surface area contributed by atoms with E-state index in [1.165, 1.54) is 43.9 Å². The number of nitrogens with one attached hydrogen (secondary N) is 1. The second kappa shape index (κ2) is 7.83. The van der Waals surface area contributed by atoms with Gasteiger partial charge in [-0.05, 0) is 80.9 Å². The molecule has 3 fully saturated rings. The molecule has 0 amide bonds. The lowest BCUT2D eigenvalue weighted by Gasteiger charge is -2.55. The molecule has 4 atom stereocenters. The summed E-state index contributed by atoms with van der Waals surface area (Å²) in [5, 5.41) is 3.65. The van der Waals surface area contributed by atoms with Crippen molar-refractivity contribution in [2.45, 2.75) is 56.8 Å². The molecular formula is C23H28F3N3S. The van der Waals surface area contributed by atoms with Crippen LogP contribution in [0, 0.1) is 11.8 Å². The van der Waals surface area contributed by atoms with E-state index in [2.05, 4.69) is 21.2 Å². The number of hydrogen-bond donors (Lipinski definition) is 1. The van der Waals surface area contributed by atoms with E-state index in [0.29, 0.717) is 28.7 Å². The summed E-state index contributed by atoms with van der Waals surface area (Å²) >= 11 is 5.72. The largest absolute Gasteiger partial charge is 0.416 e. The van der Waals surface area contributed by atoms with Crippen molar-refractivity contribution >= 4 is 23.0 Å². The zero-order valence-corrected chi connectivity index (χ0v) is 17.8. The van der Waals surface area contributed by atoms with E-state index in [1.807, 2.05) is 0 Å². The predicted octanol–water partition coefficient (Wildman–Crippen LogP) is 5.30. The average molecular weight is 436 g/mol. The molecule has 30 heavy (non-hydrogen) atoms. The number of alkyl halides is 3. The zero-order valence-electron chi connectivity index (χ0n) is 17.0. The number of thiocarbonyl (C=S) groups is 1. The molecule has 162 valence electrons. The van der Waals surface area contributed by atoms with Crippen molar-refractivity contribution in [1.29, 1.82) is 0 Å². The SMILES string of the molecule is FC(F)(F)c1cccc(NC(=S)N2CCCC3=C[C@H]4C[C@H](CN5CCCC[C@H]45)[C@@H]32)c1. The van der Waals surface area contributed by atoms with Crippen LogP contribution in [0.4, 0.5) is 18.9 Å². The lowest BCUT2D eigenvalue weighted by atomic mass is 9.68. The van der Waals surface area contributed by atoms with E-state index in [0.717, 1.165) is 38.1 Å². The van der Waals surface area contributed by atoms with Gasteiger partial charge in [0.15, 0.2) is 5.11 Å². The fourth-order valence-corrected chi connectivity index (χ4v) is 6.49. The van der Waals surface area contributed by atoms with Gasteiger partial charge in [0.25, 0.3) is 0 Å². The van der Waals surface area contributed by atoms with Crippen LogP contribution in [0.1, 0.15) is 44.1 Å². The molecule has 5 rings (SSSR count). The van der Waals surface area contributed by atoms with Crippen molar-refractivity contribution in [3.63, 3.8) is 0 Å². The molecule has 2 bridgehead atoms. The van der Waals surface area contributed by atoms with Crippen LogP contribution < -0.4 is 5.32 Å². The third-order valence-electron chi connectivity index (χ3n) is 7.36. The quantitative estimate of drug-likeness (QED) is 0.477. The monoisotopic (exact) mass is 435 g/mol. The summed E-state index contributed by atoms with van der Waals surface area (Å²) < 4.78 is 39.2. The normalized spacial score (nSPS) is 31.4. The van der Waals surface area contributed by atoms with E-state index >= 15 is 0 Å². The Morgan fingerprint density at radius 3 is 2.83 bits per heavy atom. The molecule has 3 nitrogen and oxygen atoms in total. The van der Waals surface area contributed by atoms with Crippen LogP contribution in [0.5, 0.6) is 0 Å². The first-order valence-corrected chi connectivity index (χ1v) is 11.5. The second-order valence-corrected chi connectivity index (χ2v) is 9.60. The van der Waals surface area contributed by atoms with Gasteiger partial charge in [0.1, 0.15) is 0 Å². The van der Waals surface area contributed by atoms with Gasteiger partial charge in [0, 0.05) is 24.8 Å². The minimum absolute atomic E-state index is 0.281. The van der Waals surface area contributed by atoms with Gasteiger partial charge in [0.2, 0.25) is 0 Å². The van der Waals surface area contributed by atoms with Gasteiger partial charge in [-0.2, -0.15) is 13.2 Å². The molecule has 1 N–H and O–H groups in total. The van der Waals surface area contributed by atoms with Gasteiger partial charge in [-0.15, -0.1) is 0 Å². The maximum atomic E-state index is 13.1. The molecule has 0 radical (unpaired) electrons. The van der Waals surface area contributed by atoms with Crippen LogP contribution in [0.15, 0.2) is 35.9 Å². The second-order valence-electron chi connectivity index (χ2n) is 9.21. The number of fused-ring (bicyclic) bond motifs is 6. The van der Waals surface area contributed by atoms with Crippen molar-refractivity contribution in [3.05, 3.63) is 41.5 Å². The van der Waals surface area contributed by atoms with Crippen LogP contribution >= 0.6 is 12.2 Å². The lowest BCUT2D eigenvalue weighted by molar-refractivity contribution is -0.137. The number of likely N-dealkylation sites (tertiary alicyclic amines) is 1. The molecule has 0 saturated carbocycles. The van der Waals surface area contributed by atoms with Gasteiger partial charge in [-0.3, -0.25) is 4.90 Å². The molecule has 1 aromatic rings. The van der Waals surface area contributed by atoms with E-state index in [9.17, 15) is 13.2 Å². The maximum absolute atomic E-state index is 13.1. The Morgan fingerprint density at radius 1 is 1.13 bits per heavy atom. The third kappa shape index (κ3) is 3.75. The highest BCUT2D eigenvalue weighted by Gasteiger charge is 2.46. The number of anilines is 1. The molecule has 3 saturated heterocycles. The first-order chi connectivity index (χ1) is 14.4. The average Bonchev–Trinajstić information content (AvgIpc) is 2.73. The maximum Gasteiger partial charge on any atom is 0.416 e. The summed E-state index contributed by atoms with van der Waals surface area (Å²) in [6.45, 7) is 3.17. The van der Waals surface area contributed by atoms with Crippen LogP contribution in [0.3, 0.4) is 0 Å². The standard InChI is InChI=1S/C23H28F3N3S/c24-23(25,26)18-6-3-7-19(13-18)27-22(30)29-10-4-5-15-11-16-12-17(21(15)29)14-28-9-2-1-8-20(16)28/h3,6-7,11,13,16-17,20-21H,1-2,4-5,8-10,12,14H2,(H,27,30)/t16-,17+,20+,21+/m0/s1. The van der Waals surface area contributed by atoms with Gasteiger partial charge in [0.05, 0.1) is 11.6 Å². The molecule has 7 heteroatoms. The zero-order chi connectivity index (χ0) is 20.9. The molecule has 0 aromatic heterocycles. The van der Waals surface area contributed by atoms with Crippen molar-refractivity contribution < 1.29 is 13.2 Å². The lowest BCUT2D eigenvalue weighted by Crippen LogP contribution is -2.60. The molecule has 0 spiro atoms. The Balaban J connectivity index is 1.36. The highest BCUT2D eigenvalue weighted by molar-refractivity contribution is 7.80. The Kier molecular flexibility index (Phi) is 5.30. The van der Waals surface area contributed by atoms with Crippen LogP contribution in [0.25, 0.3) is 0 Å². The number of benzene rings is 1. The van der Waals surface area contributed by atoms with Crippen LogP contribution in [-0.2, 0) is 6.18 Å².